The lowest BCUT2D eigenvalue weighted by atomic mass is 9.89. The van der Waals surface area contributed by atoms with Gasteiger partial charge < -0.3 is 19.3 Å². The van der Waals surface area contributed by atoms with E-state index in [0.717, 1.165) is 0 Å². The highest BCUT2D eigenvalue weighted by molar-refractivity contribution is 5.94. The van der Waals surface area contributed by atoms with Crippen molar-refractivity contribution in [2.75, 3.05) is 32.8 Å². The first kappa shape index (κ1) is 21.9. The van der Waals surface area contributed by atoms with Gasteiger partial charge in [-0.1, -0.05) is 25.3 Å². The van der Waals surface area contributed by atoms with Gasteiger partial charge in [-0.15, -0.1) is 0 Å². The fraction of sp³-hybridized carbons (Fsp3) is 0.522. The lowest BCUT2D eigenvalue weighted by molar-refractivity contribution is -0.127. The standard InChI is InChI=1S/C23H30N2O5/c1-2-29-23(28)30-20-11-9-19(10-12-20)22(27)25-16-14-24(15-17-25)21(26)13-8-18-6-4-3-5-7-18/h8-13,18H,2-7,14-17H2,1H3/b13-8+. The van der Waals surface area contributed by atoms with E-state index in [2.05, 4.69) is 6.08 Å². The average molecular weight is 415 g/mol. The quantitative estimate of drug-likeness (QED) is 0.418. The fourth-order valence-corrected chi connectivity index (χ4v) is 3.87. The van der Waals surface area contributed by atoms with Gasteiger partial charge in [0.15, 0.2) is 0 Å². The second-order valence-corrected chi connectivity index (χ2v) is 7.68. The van der Waals surface area contributed by atoms with Crippen LogP contribution in [0.5, 0.6) is 5.75 Å². The summed E-state index contributed by atoms with van der Waals surface area (Å²) in [5.74, 6) is 0.794. The first-order valence-corrected chi connectivity index (χ1v) is 10.8. The van der Waals surface area contributed by atoms with Gasteiger partial charge in [-0.25, -0.2) is 4.79 Å². The Balaban J connectivity index is 1.47. The molecule has 2 amide bonds. The van der Waals surface area contributed by atoms with Crippen molar-refractivity contribution >= 4 is 18.0 Å². The highest BCUT2D eigenvalue weighted by Gasteiger charge is 2.24. The molecule has 0 N–H and O–H groups in total. The molecule has 2 aliphatic rings. The summed E-state index contributed by atoms with van der Waals surface area (Å²) in [6, 6.07) is 6.39. The van der Waals surface area contributed by atoms with E-state index in [-0.39, 0.29) is 18.4 Å². The average Bonchev–Trinajstić information content (AvgIpc) is 2.78. The first-order chi connectivity index (χ1) is 14.6. The minimum atomic E-state index is -0.769. The maximum Gasteiger partial charge on any atom is 0.513 e. The van der Waals surface area contributed by atoms with Gasteiger partial charge >= 0.3 is 6.16 Å². The van der Waals surface area contributed by atoms with Gasteiger partial charge in [0.25, 0.3) is 5.91 Å². The number of carbonyl (C=O) groups is 3. The van der Waals surface area contributed by atoms with Crippen molar-refractivity contribution in [1.82, 2.24) is 9.80 Å². The summed E-state index contributed by atoms with van der Waals surface area (Å²) in [7, 11) is 0. The molecule has 3 rings (SSSR count). The molecule has 7 heteroatoms. The molecule has 7 nitrogen and oxygen atoms in total. The number of piperazine rings is 1. The van der Waals surface area contributed by atoms with Crippen LogP contribution in [0.2, 0.25) is 0 Å². The Bertz CT molecular complexity index is 760. The van der Waals surface area contributed by atoms with Crippen molar-refractivity contribution in [2.45, 2.75) is 39.0 Å². The number of ether oxygens (including phenoxy) is 2. The van der Waals surface area contributed by atoms with Crippen LogP contribution in [-0.2, 0) is 9.53 Å². The Morgan fingerprint density at radius 2 is 1.60 bits per heavy atom. The summed E-state index contributed by atoms with van der Waals surface area (Å²) < 4.78 is 9.73. The van der Waals surface area contributed by atoms with Crippen LogP contribution in [0.4, 0.5) is 4.79 Å². The Morgan fingerprint density at radius 3 is 2.23 bits per heavy atom. The Labute approximate surface area is 177 Å². The number of rotatable bonds is 5. The van der Waals surface area contributed by atoms with Crippen LogP contribution >= 0.6 is 0 Å². The maximum absolute atomic E-state index is 12.7. The van der Waals surface area contributed by atoms with Crippen LogP contribution in [0.25, 0.3) is 0 Å². The number of nitrogens with zero attached hydrogens (tertiary/aromatic N) is 2. The molecule has 0 unspecified atom stereocenters. The van der Waals surface area contributed by atoms with Crippen molar-refractivity contribution in [3.8, 4) is 5.75 Å². The predicted molar refractivity (Wildman–Crippen MR) is 112 cm³/mol. The largest absolute Gasteiger partial charge is 0.513 e. The highest BCUT2D eigenvalue weighted by atomic mass is 16.7. The molecular weight excluding hydrogens is 384 g/mol. The lowest BCUT2D eigenvalue weighted by Crippen LogP contribution is -2.50. The molecule has 0 aromatic heterocycles. The topological polar surface area (TPSA) is 76.2 Å². The number of hydrogen-bond donors (Lipinski definition) is 0. The summed E-state index contributed by atoms with van der Waals surface area (Å²) in [6.45, 7) is 4.00. The molecule has 1 aromatic carbocycles. The molecule has 0 radical (unpaired) electrons. The third-order valence-electron chi connectivity index (χ3n) is 5.60. The number of benzene rings is 1. The molecule has 1 heterocycles. The minimum absolute atomic E-state index is 0.0353. The van der Waals surface area contributed by atoms with E-state index in [0.29, 0.717) is 43.4 Å². The highest BCUT2D eigenvalue weighted by Crippen LogP contribution is 2.24. The van der Waals surface area contributed by atoms with Crippen LogP contribution in [0.3, 0.4) is 0 Å². The second-order valence-electron chi connectivity index (χ2n) is 7.68. The first-order valence-electron chi connectivity index (χ1n) is 10.8. The van der Waals surface area contributed by atoms with Crippen molar-refractivity contribution in [3.63, 3.8) is 0 Å². The van der Waals surface area contributed by atoms with E-state index >= 15 is 0 Å². The summed E-state index contributed by atoms with van der Waals surface area (Å²) in [4.78, 5) is 40.1. The van der Waals surface area contributed by atoms with Crippen molar-refractivity contribution < 1.29 is 23.9 Å². The lowest BCUT2D eigenvalue weighted by Gasteiger charge is -2.34. The van der Waals surface area contributed by atoms with E-state index in [1.807, 2.05) is 0 Å². The molecule has 30 heavy (non-hydrogen) atoms. The number of hydrogen-bond acceptors (Lipinski definition) is 5. The van der Waals surface area contributed by atoms with Gasteiger partial charge in [-0.3, -0.25) is 9.59 Å². The van der Waals surface area contributed by atoms with E-state index in [4.69, 9.17) is 9.47 Å². The summed E-state index contributed by atoms with van der Waals surface area (Å²) in [6.07, 6.45) is 9.17. The molecule has 1 aliphatic heterocycles. The van der Waals surface area contributed by atoms with Crippen molar-refractivity contribution in [1.29, 1.82) is 0 Å². The number of amides is 2. The van der Waals surface area contributed by atoms with Crippen LogP contribution in [-0.4, -0.2) is 60.6 Å². The van der Waals surface area contributed by atoms with Crippen LogP contribution < -0.4 is 4.74 Å². The molecule has 1 saturated heterocycles. The molecule has 1 aliphatic carbocycles. The summed E-state index contributed by atoms with van der Waals surface area (Å²) in [5, 5.41) is 0. The molecule has 1 aromatic rings. The van der Waals surface area contributed by atoms with E-state index in [1.54, 1.807) is 47.1 Å². The summed E-state index contributed by atoms with van der Waals surface area (Å²) >= 11 is 0. The molecule has 0 spiro atoms. The Kier molecular flexibility index (Phi) is 7.88. The molecule has 0 atom stereocenters. The zero-order valence-electron chi connectivity index (χ0n) is 17.5. The molecule has 2 fully saturated rings. The van der Waals surface area contributed by atoms with Crippen LogP contribution in [0.15, 0.2) is 36.4 Å². The predicted octanol–water partition coefficient (Wildman–Crippen LogP) is 3.64. The third kappa shape index (κ3) is 6.08. The second kappa shape index (κ2) is 10.8. The fourth-order valence-electron chi connectivity index (χ4n) is 3.87. The van der Waals surface area contributed by atoms with Crippen molar-refractivity contribution in [3.05, 3.63) is 42.0 Å². The molecule has 1 saturated carbocycles. The van der Waals surface area contributed by atoms with Gasteiger partial charge in [0.05, 0.1) is 6.61 Å². The van der Waals surface area contributed by atoms with Gasteiger partial charge in [0.2, 0.25) is 5.91 Å². The van der Waals surface area contributed by atoms with Gasteiger partial charge in [-0.05, 0) is 56.0 Å². The molecular formula is C23H30N2O5. The van der Waals surface area contributed by atoms with E-state index in [9.17, 15) is 14.4 Å². The minimum Gasteiger partial charge on any atom is -0.434 e. The van der Waals surface area contributed by atoms with E-state index in [1.165, 1.54) is 32.1 Å². The van der Waals surface area contributed by atoms with Gasteiger partial charge in [-0.2, -0.15) is 0 Å². The zero-order valence-corrected chi connectivity index (χ0v) is 17.5. The Hall–Kier alpha value is -2.83. The SMILES string of the molecule is CCOC(=O)Oc1ccc(C(=O)N2CCN(C(=O)/C=C/C3CCCCC3)CC2)cc1. The van der Waals surface area contributed by atoms with Crippen molar-refractivity contribution in [2.24, 2.45) is 5.92 Å². The molecule has 162 valence electrons. The monoisotopic (exact) mass is 414 g/mol. The maximum atomic E-state index is 12.7. The van der Waals surface area contributed by atoms with Crippen LogP contribution in [0.1, 0.15) is 49.4 Å². The van der Waals surface area contributed by atoms with Gasteiger partial charge in [0.1, 0.15) is 5.75 Å². The molecule has 0 bridgehead atoms. The zero-order chi connectivity index (χ0) is 21.3. The van der Waals surface area contributed by atoms with E-state index < -0.39 is 6.16 Å². The van der Waals surface area contributed by atoms with Crippen LogP contribution in [0, 0.1) is 5.92 Å². The number of carbonyl (C=O) groups excluding carboxylic acids is 3. The number of allylic oxidation sites excluding steroid dienone is 1. The smallest absolute Gasteiger partial charge is 0.434 e. The Morgan fingerprint density at radius 1 is 0.967 bits per heavy atom. The van der Waals surface area contributed by atoms with Gasteiger partial charge in [0, 0.05) is 31.7 Å². The summed E-state index contributed by atoms with van der Waals surface area (Å²) in [5.41, 5.74) is 0.517. The third-order valence-corrected chi connectivity index (χ3v) is 5.60. The normalized spacial score (nSPS) is 17.8.